The predicted octanol–water partition coefficient (Wildman–Crippen LogP) is 3.62. The summed E-state index contributed by atoms with van der Waals surface area (Å²) in [4.78, 5) is 12.7. The molecule has 1 amide bonds. The van der Waals surface area contributed by atoms with Crippen LogP contribution < -0.4 is 14.4 Å². The van der Waals surface area contributed by atoms with Crippen molar-refractivity contribution in [3.63, 3.8) is 0 Å². The number of nitrogens with zero attached hydrogens (tertiary/aromatic N) is 1. The first-order valence-corrected chi connectivity index (χ1v) is 10.6. The summed E-state index contributed by atoms with van der Waals surface area (Å²) < 4.78 is 30.7. The van der Waals surface area contributed by atoms with Gasteiger partial charge < -0.3 is 10.1 Å². The molecule has 1 unspecified atom stereocenters. The highest BCUT2D eigenvalue weighted by atomic mass is 35.5. The highest BCUT2D eigenvalue weighted by molar-refractivity contribution is 7.92. The smallest absolute Gasteiger partial charge is 0.255 e. The summed E-state index contributed by atoms with van der Waals surface area (Å²) >= 11 is 6.10. The zero-order valence-corrected chi connectivity index (χ0v) is 17.1. The maximum absolute atomic E-state index is 12.7. The molecule has 1 aliphatic heterocycles. The van der Waals surface area contributed by atoms with Gasteiger partial charge in [0.25, 0.3) is 5.91 Å². The highest BCUT2D eigenvalue weighted by Gasteiger charge is 2.32. The van der Waals surface area contributed by atoms with E-state index in [-0.39, 0.29) is 11.9 Å². The minimum absolute atomic E-state index is 0.174. The monoisotopic (exact) mass is 408 g/mol. The van der Waals surface area contributed by atoms with Crippen LogP contribution in [-0.4, -0.2) is 33.7 Å². The van der Waals surface area contributed by atoms with E-state index < -0.39 is 10.0 Å². The molecule has 144 valence electrons. The number of hydrogen-bond donors (Lipinski definition) is 1. The second-order valence-electron chi connectivity index (χ2n) is 6.71. The number of halogens is 1. The quantitative estimate of drug-likeness (QED) is 0.838. The fourth-order valence-corrected chi connectivity index (χ4v) is 4.79. The van der Waals surface area contributed by atoms with Crippen LogP contribution >= 0.6 is 11.6 Å². The Labute approximate surface area is 164 Å². The lowest BCUT2D eigenvalue weighted by atomic mass is 10.1. The molecule has 0 spiro atoms. The second-order valence-corrected chi connectivity index (χ2v) is 8.98. The second kappa shape index (κ2) is 7.05. The van der Waals surface area contributed by atoms with Gasteiger partial charge in [-0.15, -0.1) is 0 Å². The summed E-state index contributed by atoms with van der Waals surface area (Å²) in [5, 5.41) is 3.39. The first kappa shape index (κ1) is 19.5. The van der Waals surface area contributed by atoms with Crippen LogP contribution in [-0.2, 0) is 16.4 Å². The number of hydrogen-bond acceptors (Lipinski definition) is 4. The van der Waals surface area contributed by atoms with E-state index in [1.807, 2.05) is 13.8 Å². The molecule has 1 aliphatic rings. The molecule has 8 heteroatoms. The van der Waals surface area contributed by atoms with Gasteiger partial charge in [0.15, 0.2) is 0 Å². The minimum atomic E-state index is -3.36. The van der Waals surface area contributed by atoms with Crippen LogP contribution in [0.5, 0.6) is 5.75 Å². The first-order chi connectivity index (χ1) is 12.6. The Balaban J connectivity index is 1.90. The van der Waals surface area contributed by atoms with Crippen molar-refractivity contribution in [1.29, 1.82) is 0 Å². The summed E-state index contributed by atoms with van der Waals surface area (Å²) in [5.74, 6) is 0.167. The average molecular weight is 409 g/mol. The van der Waals surface area contributed by atoms with Gasteiger partial charge in [0, 0.05) is 22.7 Å². The standard InChI is InChI=1S/C19H21ClN2O4S/c1-11-7-16(18(26-3)10-15(11)20)21-19(23)13-5-6-17-14(9-13)8-12(2)22(17)27(4,24)25/h5-7,9-10,12H,8H2,1-4H3,(H,21,23). The molecule has 0 saturated carbocycles. The van der Waals surface area contributed by atoms with E-state index in [2.05, 4.69) is 5.32 Å². The Morgan fingerprint density at radius 3 is 2.63 bits per heavy atom. The van der Waals surface area contributed by atoms with Gasteiger partial charge in [-0.25, -0.2) is 8.42 Å². The van der Waals surface area contributed by atoms with Crippen LogP contribution in [0.2, 0.25) is 5.02 Å². The van der Waals surface area contributed by atoms with Gasteiger partial charge in [-0.2, -0.15) is 0 Å². The van der Waals surface area contributed by atoms with Gasteiger partial charge in [0.2, 0.25) is 10.0 Å². The lowest BCUT2D eigenvalue weighted by Crippen LogP contribution is -2.34. The molecule has 3 rings (SSSR count). The van der Waals surface area contributed by atoms with Gasteiger partial charge in [-0.1, -0.05) is 11.6 Å². The topological polar surface area (TPSA) is 75.7 Å². The van der Waals surface area contributed by atoms with Crippen LogP contribution in [0, 0.1) is 6.92 Å². The Morgan fingerprint density at radius 2 is 2.00 bits per heavy atom. The number of carbonyl (C=O) groups is 1. The number of sulfonamides is 1. The van der Waals surface area contributed by atoms with Crippen molar-refractivity contribution in [3.8, 4) is 5.75 Å². The van der Waals surface area contributed by atoms with Crippen LogP contribution in [0.15, 0.2) is 30.3 Å². The maximum atomic E-state index is 12.7. The molecule has 27 heavy (non-hydrogen) atoms. The molecular formula is C19H21ClN2O4S. The van der Waals surface area contributed by atoms with Crippen molar-refractivity contribution < 1.29 is 17.9 Å². The van der Waals surface area contributed by atoms with Crippen molar-refractivity contribution in [1.82, 2.24) is 0 Å². The fourth-order valence-electron chi connectivity index (χ4n) is 3.37. The van der Waals surface area contributed by atoms with Crippen LogP contribution in [0.25, 0.3) is 0 Å². The lowest BCUT2D eigenvalue weighted by molar-refractivity contribution is 0.102. The number of aryl methyl sites for hydroxylation is 1. The molecule has 0 saturated heterocycles. The van der Waals surface area contributed by atoms with Crippen molar-refractivity contribution in [3.05, 3.63) is 52.0 Å². The highest BCUT2D eigenvalue weighted by Crippen LogP contribution is 2.35. The van der Waals surface area contributed by atoms with Crippen LogP contribution in [0.4, 0.5) is 11.4 Å². The van der Waals surface area contributed by atoms with Gasteiger partial charge >= 0.3 is 0 Å². The number of amides is 1. The van der Waals surface area contributed by atoms with Crippen molar-refractivity contribution in [2.24, 2.45) is 0 Å². The number of benzene rings is 2. The SMILES string of the molecule is COc1cc(Cl)c(C)cc1NC(=O)c1ccc2c(c1)CC(C)N2S(C)(=O)=O. The average Bonchev–Trinajstić information content (AvgIpc) is 2.92. The third-order valence-corrected chi connectivity index (χ3v) is 6.26. The molecule has 1 heterocycles. The molecule has 6 nitrogen and oxygen atoms in total. The first-order valence-electron chi connectivity index (χ1n) is 8.39. The van der Waals surface area contributed by atoms with Gasteiger partial charge in [0.05, 0.1) is 24.7 Å². The van der Waals surface area contributed by atoms with Gasteiger partial charge in [-0.05, 0) is 55.7 Å². The number of anilines is 2. The summed E-state index contributed by atoms with van der Waals surface area (Å²) in [7, 11) is -1.85. The largest absolute Gasteiger partial charge is 0.495 e. The molecular weight excluding hydrogens is 388 g/mol. The van der Waals surface area contributed by atoms with E-state index >= 15 is 0 Å². The van der Waals surface area contributed by atoms with Crippen LogP contribution in [0.3, 0.4) is 0 Å². The maximum Gasteiger partial charge on any atom is 0.255 e. The number of carbonyl (C=O) groups excluding carboxylic acids is 1. The molecule has 0 bridgehead atoms. The predicted molar refractivity (Wildman–Crippen MR) is 108 cm³/mol. The van der Waals surface area contributed by atoms with Gasteiger partial charge in [0.1, 0.15) is 5.75 Å². The number of methoxy groups -OCH3 is 1. The zero-order chi connectivity index (χ0) is 19.9. The molecule has 1 N–H and O–H groups in total. The Kier molecular flexibility index (Phi) is 5.10. The molecule has 2 aromatic rings. The zero-order valence-electron chi connectivity index (χ0n) is 15.5. The molecule has 2 aromatic carbocycles. The van der Waals surface area contributed by atoms with Crippen molar-refractivity contribution in [2.75, 3.05) is 23.0 Å². The van der Waals surface area contributed by atoms with E-state index in [4.69, 9.17) is 16.3 Å². The third kappa shape index (κ3) is 3.75. The molecule has 0 radical (unpaired) electrons. The summed E-state index contributed by atoms with van der Waals surface area (Å²) in [6.45, 7) is 3.69. The Hall–Kier alpha value is -2.25. The van der Waals surface area contributed by atoms with E-state index in [0.29, 0.717) is 34.1 Å². The summed E-state index contributed by atoms with van der Waals surface area (Å²) in [6.07, 6.45) is 1.75. The minimum Gasteiger partial charge on any atom is -0.495 e. The van der Waals surface area contributed by atoms with E-state index in [9.17, 15) is 13.2 Å². The Morgan fingerprint density at radius 1 is 1.30 bits per heavy atom. The van der Waals surface area contributed by atoms with E-state index in [1.54, 1.807) is 30.3 Å². The normalized spacial score (nSPS) is 16.2. The molecule has 0 aliphatic carbocycles. The summed E-state index contributed by atoms with van der Waals surface area (Å²) in [5.41, 5.74) is 3.25. The van der Waals surface area contributed by atoms with Gasteiger partial charge in [-0.3, -0.25) is 9.10 Å². The molecule has 0 aromatic heterocycles. The van der Waals surface area contributed by atoms with E-state index in [1.165, 1.54) is 17.7 Å². The third-order valence-electron chi connectivity index (χ3n) is 4.58. The van der Waals surface area contributed by atoms with E-state index in [0.717, 1.165) is 11.1 Å². The number of nitrogens with one attached hydrogen (secondary N) is 1. The molecule has 0 fully saturated rings. The Bertz CT molecular complexity index is 1020. The van der Waals surface area contributed by atoms with Crippen molar-refractivity contribution >= 4 is 38.9 Å². The number of ether oxygens (including phenoxy) is 1. The van der Waals surface area contributed by atoms with Crippen molar-refractivity contribution in [2.45, 2.75) is 26.3 Å². The summed E-state index contributed by atoms with van der Waals surface area (Å²) in [6, 6.07) is 8.27. The number of fused-ring (bicyclic) bond motifs is 1. The van der Waals surface area contributed by atoms with Crippen LogP contribution in [0.1, 0.15) is 28.4 Å². The lowest BCUT2D eigenvalue weighted by Gasteiger charge is -2.22. The number of rotatable bonds is 4. The fraction of sp³-hybridized carbons (Fsp3) is 0.316. The molecule has 1 atom stereocenters.